The van der Waals surface area contributed by atoms with Crippen LogP contribution in [0.25, 0.3) is 10.9 Å². The fourth-order valence-corrected chi connectivity index (χ4v) is 3.25. The number of aromatic nitrogens is 2. The van der Waals surface area contributed by atoms with E-state index in [0.29, 0.717) is 6.61 Å². The smallest absolute Gasteiger partial charge is 0.141 e. The van der Waals surface area contributed by atoms with Crippen LogP contribution in [0.2, 0.25) is 0 Å². The molecule has 142 valence electrons. The van der Waals surface area contributed by atoms with E-state index in [2.05, 4.69) is 49.4 Å². The molecule has 1 aromatic heterocycles. The lowest BCUT2D eigenvalue weighted by molar-refractivity contribution is 0.304. The van der Waals surface area contributed by atoms with E-state index in [1.165, 1.54) is 0 Å². The predicted molar refractivity (Wildman–Crippen MR) is 120 cm³/mol. The third-order valence-corrected chi connectivity index (χ3v) is 4.77. The molecule has 0 bridgehead atoms. The van der Waals surface area contributed by atoms with Crippen molar-refractivity contribution in [1.82, 2.24) is 9.97 Å². The summed E-state index contributed by atoms with van der Waals surface area (Å²) in [6, 6.07) is 22.2. The van der Waals surface area contributed by atoms with E-state index < -0.39 is 0 Å². The third-order valence-electron chi connectivity index (χ3n) is 4.27. The van der Waals surface area contributed by atoms with Crippen molar-refractivity contribution in [1.29, 1.82) is 0 Å². The Labute approximate surface area is 178 Å². The number of benzene rings is 3. The summed E-state index contributed by atoms with van der Waals surface area (Å²) in [5.41, 5.74) is 4.07. The summed E-state index contributed by atoms with van der Waals surface area (Å²) in [5.74, 6) is 1.65. The van der Waals surface area contributed by atoms with Crippen LogP contribution in [0.4, 0.5) is 11.5 Å². The Morgan fingerprint density at radius 2 is 1.79 bits per heavy atom. The van der Waals surface area contributed by atoms with Gasteiger partial charge in [-0.2, -0.15) is 0 Å². The second-order valence-electron chi connectivity index (χ2n) is 6.26. The van der Waals surface area contributed by atoms with Crippen LogP contribution in [0, 0.1) is 6.92 Å². The monoisotopic (exact) mass is 455 g/mol. The molecule has 0 amide bonds. The van der Waals surface area contributed by atoms with Crippen LogP contribution in [0.15, 0.2) is 77.5 Å². The van der Waals surface area contributed by atoms with Crippen molar-refractivity contribution in [2.75, 3.05) is 5.32 Å². The summed E-state index contributed by atoms with van der Waals surface area (Å²) in [7, 11) is 0. The molecule has 0 aliphatic rings. The van der Waals surface area contributed by atoms with Crippen molar-refractivity contribution in [2.24, 2.45) is 0 Å². The SMILES string of the molecule is Cc1cc(Nc2ncnc3ccc(Br)cc23)ccc1OCc1ccccc1.Cl. The fraction of sp³-hybridized carbons (Fsp3) is 0.0909. The highest BCUT2D eigenvalue weighted by Gasteiger charge is 2.07. The van der Waals surface area contributed by atoms with E-state index in [4.69, 9.17) is 4.74 Å². The maximum absolute atomic E-state index is 5.95. The summed E-state index contributed by atoms with van der Waals surface area (Å²) < 4.78 is 6.95. The van der Waals surface area contributed by atoms with E-state index in [0.717, 1.165) is 43.8 Å². The lowest BCUT2D eigenvalue weighted by Crippen LogP contribution is -1.99. The van der Waals surface area contributed by atoms with Gasteiger partial charge in [0.1, 0.15) is 24.5 Å². The lowest BCUT2D eigenvalue weighted by Gasteiger charge is -2.13. The molecule has 3 aromatic carbocycles. The number of ether oxygens (including phenoxy) is 1. The van der Waals surface area contributed by atoms with Gasteiger partial charge in [-0.1, -0.05) is 46.3 Å². The first-order valence-corrected chi connectivity index (χ1v) is 9.43. The van der Waals surface area contributed by atoms with Gasteiger partial charge in [0.15, 0.2) is 0 Å². The van der Waals surface area contributed by atoms with Gasteiger partial charge < -0.3 is 10.1 Å². The van der Waals surface area contributed by atoms with Gasteiger partial charge in [0.05, 0.1) is 5.52 Å². The number of nitrogens with one attached hydrogen (secondary N) is 1. The third kappa shape index (κ3) is 4.61. The second-order valence-corrected chi connectivity index (χ2v) is 7.18. The average molecular weight is 457 g/mol. The molecule has 0 spiro atoms. The van der Waals surface area contributed by atoms with Crippen molar-refractivity contribution in [3.63, 3.8) is 0 Å². The van der Waals surface area contributed by atoms with Gasteiger partial charge in [0.2, 0.25) is 0 Å². The van der Waals surface area contributed by atoms with Crippen molar-refractivity contribution in [3.05, 3.63) is 88.7 Å². The van der Waals surface area contributed by atoms with E-state index >= 15 is 0 Å². The van der Waals surface area contributed by atoms with Gasteiger partial charge in [-0.3, -0.25) is 0 Å². The highest BCUT2D eigenvalue weighted by molar-refractivity contribution is 9.10. The summed E-state index contributed by atoms with van der Waals surface area (Å²) in [5, 5.41) is 4.36. The Morgan fingerprint density at radius 3 is 2.57 bits per heavy atom. The molecule has 0 radical (unpaired) electrons. The topological polar surface area (TPSA) is 47.0 Å². The highest BCUT2D eigenvalue weighted by Crippen LogP contribution is 2.28. The van der Waals surface area contributed by atoms with Gasteiger partial charge in [-0.05, 0) is 54.4 Å². The number of anilines is 2. The summed E-state index contributed by atoms with van der Waals surface area (Å²) >= 11 is 3.51. The maximum atomic E-state index is 5.95. The molecule has 0 aliphatic heterocycles. The van der Waals surface area contributed by atoms with Crippen LogP contribution in [-0.4, -0.2) is 9.97 Å². The van der Waals surface area contributed by atoms with Crippen LogP contribution < -0.4 is 10.1 Å². The molecule has 0 saturated carbocycles. The molecule has 1 heterocycles. The van der Waals surface area contributed by atoms with E-state index in [1.54, 1.807) is 6.33 Å². The Kier molecular flexibility index (Phi) is 6.49. The minimum absolute atomic E-state index is 0. The standard InChI is InChI=1S/C22H18BrN3O.ClH/c1-15-11-18(8-10-21(15)27-13-16-5-3-2-4-6-16)26-22-19-12-17(23)7-9-20(19)24-14-25-22;/h2-12,14H,13H2,1H3,(H,24,25,26);1H. The molecule has 28 heavy (non-hydrogen) atoms. The minimum Gasteiger partial charge on any atom is -0.489 e. The Morgan fingerprint density at radius 1 is 0.964 bits per heavy atom. The molecule has 4 aromatic rings. The summed E-state index contributed by atoms with van der Waals surface area (Å²) in [6.07, 6.45) is 1.57. The number of halogens is 2. The first-order chi connectivity index (χ1) is 13.2. The van der Waals surface area contributed by atoms with Crippen LogP contribution >= 0.6 is 28.3 Å². The van der Waals surface area contributed by atoms with Gasteiger partial charge in [-0.15, -0.1) is 12.4 Å². The molecule has 0 atom stereocenters. The largest absolute Gasteiger partial charge is 0.489 e. The zero-order chi connectivity index (χ0) is 18.6. The van der Waals surface area contributed by atoms with Crippen molar-refractivity contribution >= 4 is 50.7 Å². The number of rotatable bonds is 5. The zero-order valence-electron chi connectivity index (χ0n) is 15.2. The fourth-order valence-electron chi connectivity index (χ4n) is 2.89. The van der Waals surface area contributed by atoms with Crippen molar-refractivity contribution < 1.29 is 4.74 Å². The number of hydrogen-bond donors (Lipinski definition) is 1. The van der Waals surface area contributed by atoms with E-state index in [9.17, 15) is 0 Å². The van der Waals surface area contributed by atoms with Crippen molar-refractivity contribution in [3.8, 4) is 5.75 Å². The second kappa shape index (κ2) is 9.04. The highest BCUT2D eigenvalue weighted by atomic mass is 79.9. The van der Waals surface area contributed by atoms with E-state index in [-0.39, 0.29) is 12.4 Å². The Hall–Kier alpha value is -2.63. The van der Waals surface area contributed by atoms with Crippen LogP contribution in [-0.2, 0) is 6.61 Å². The summed E-state index contributed by atoms with van der Waals surface area (Å²) in [4.78, 5) is 8.71. The van der Waals surface area contributed by atoms with Gasteiger partial charge in [0, 0.05) is 15.5 Å². The van der Waals surface area contributed by atoms with Crippen LogP contribution in [0.3, 0.4) is 0 Å². The molecule has 0 unspecified atom stereocenters. The molecule has 4 nitrogen and oxygen atoms in total. The molecular formula is C22H19BrClN3O. The first-order valence-electron chi connectivity index (χ1n) is 8.64. The van der Waals surface area contributed by atoms with Gasteiger partial charge in [0.25, 0.3) is 0 Å². The Balaban J connectivity index is 0.00000225. The molecule has 0 saturated heterocycles. The molecule has 0 fully saturated rings. The van der Waals surface area contributed by atoms with Crippen LogP contribution in [0.5, 0.6) is 5.75 Å². The number of aryl methyl sites for hydroxylation is 1. The molecular weight excluding hydrogens is 438 g/mol. The molecule has 0 aliphatic carbocycles. The predicted octanol–water partition coefficient (Wildman–Crippen LogP) is 6.45. The molecule has 4 rings (SSSR count). The molecule has 1 N–H and O–H groups in total. The average Bonchev–Trinajstić information content (AvgIpc) is 2.69. The maximum Gasteiger partial charge on any atom is 0.141 e. The van der Waals surface area contributed by atoms with E-state index in [1.807, 2.05) is 55.5 Å². The van der Waals surface area contributed by atoms with Crippen molar-refractivity contribution in [2.45, 2.75) is 13.5 Å². The molecule has 6 heteroatoms. The quantitative estimate of drug-likeness (QED) is 0.375. The number of hydrogen-bond acceptors (Lipinski definition) is 4. The van der Waals surface area contributed by atoms with Crippen LogP contribution in [0.1, 0.15) is 11.1 Å². The lowest BCUT2D eigenvalue weighted by atomic mass is 10.2. The first kappa shape index (κ1) is 20.1. The minimum atomic E-state index is 0. The zero-order valence-corrected chi connectivity index (χ0v) is 17.6. The normalized spacial score (nSPS) is 10.4. The van der Waals surface area contributed by atoms with Gasteiger partial charge in [-0.25, -0.2) is 9.97 Å². The number of fused-ring (bicyclic) bond motifs is 1. The number of nitrogens with zero attached hydrogens (tertiary/aromatic N) is 2. The van der Waals surface area contributed by atoms with Gasteiger partial charge >= 0.3 is 0 Å². The Bertz CT molecular complexity index is 1090. The summed E-state index contributed by atoms with van der Waals surface area (Å²) in [6.45, 7) is 2.60.